The molecule has 0 aliphatic heterocycles. The summed E-state index contributed by atoms with van der Waals surface area (Å²) < 4.78 is 4.94. The van der Waals surface area contributed by atoms with Crippen molar-refractivity contribution >= 4 is 5.91 Å². The molecule has 0 fully saturated rings. The molecular weight excluding hydrogens is 182 g/mol. The molecule has 1 rings (SSSR count). The van der Waals surface area contributed by atoms with E-state index in [0.717, 1.165) is 0 Å². The van der Waals surface area contributed by atoms with Gasteiger partial charge in [-0.2, -0.15) is 5.26 Å². The second kappa shape index (κ2) is 4.25. The van der Waals surface area contributed by atoms with Crippen LogP contribution in [0.4, 0.5) is 0 Å². The molecule has 0 spiro atoms. The Morgan fingerprint density at radius 2 is 2.36 bits per heavy atom. The zero-order valence-corrected chi connectivity index (χ0v) is 7.57. The number of carbonyl (C=O) groups excluding carboxylic acids is 1. The third-order valence-electron chi connectivity index (χ3n) is 1.70. The van der Waals surface area contributed by atoms with Crippen LogP contribution >= 0.6 is 0 Å². The lowest BCUT2D eigenvalue weighted by atomic mass is 10.1. The highest BCUT2D eigenvalue weighted by Crippen LogP contribution is 2.18. The van der Waals surface area contributed by atoms with E-state index in [1.54, 1.807) is 12.1 Å². The molecule has 5 heteroatoms. The van der Waals surface area contributed by atoms with E-state index in [4.69, 9.17) is 15.8 Å². The number of nitriles is 1. The van der Waals surface area contributed by atoms with Crippen LogP contribution in [0.25, 0.3) is 0 Å². The first kappa shape index (κ1) is 10.0. The van der Waals surface area contributed by atoms with Crippen molar-refractivity contribution < 1.29 is 9.53 Å². The Labute approximate surface area is 81.1 Å². The number of nitrogens with zero attached hydrogens (tertiary/aromatic N) is 1. The van der Waals surface area contributed by atoms with Gasteiger partial charge in [0.05, 0.1) is 24.3 Å². The Morgan fingerprint density at radius 1 is 1.64 bits per heavy atom. The molecule has 0 aliphatic rings. The van der Waals surface area contributed by atoms with Gasteiger partial charge in [0, 0.05) is 0 Å². The minimum Gasteiger partial charge on any atom is -0.496 e. The van der Waals surface area contributed by atoms with Gasteiger partial charge in [-0.15, -0.1) is 0 Å². The number of nitrogen functional groups attached to an aromatic ring is 1. The monoisotopic (exact) mass is 191 g/mol. The lowest BCUT2D eigenvalue weighted by Gasteiger charge is -2.06. The van der Waals surface area contributed by atoms with Gasteiger partial charge in [0.25, 0.3) is 5.91 Å². The molecule has 0 atom stereocenters. The average Bonchev–Trinajstić information content (AvgIpc) is 2.27. The summed E-state index contributed by atoms with van der Waals surface area (Å²) in [6, 6.07) is 6.45. The van der Waals surface area contributed by atoms with Crippen molar-refractivity contribution in [3.05, 3.63) is 29.3 Å². The van der Waals surface area contributed by atoms with Crippen molar-refractivity contribution in [2.45, 2.75) is 0 Å². The smallest absolute Gasteiger partial charge is 0.268 e. The number of nitrogens with one attached hydrogen (secondary N) is 1. The van der Waals surface area contributed by atoms with Crippen LogP contribution in [-0.2, 0) is 0 Å². The molecule has 1 amide bonds. The van der Waals surface area contributed by atoms with Gasteiger partial charge in [0.15, 0.2) is 0 Å². The average molecular weight is 191 g/mol. The standard InChI is InChI=1S/C9H9N3O2/c1-14-8-3-2-6(5-10)4-7(8)9(13)12-11/h2-4H,11H2,1H3,(H,12,13). The summed E-state index contributed by atoms with van der Waals surface area (Å²) in [5.74, 6) is 4.88. The van der Waals surface area contributed by atoms with E-state index >= 15 is 0 Å². The van der Waals surface area contributed by atoms with E-state index in [-0.39, 0.29) is 5.56 Å². The van der Waals surface area contributed by atoms with Gasteiger partial charge in [0.1, 0.15) is 5.75 Å². The minimum atomic E-state index is -0.487. The van der Waals surface area contributed by atoms with Gasteiger partial charge in [-0.3, -0.25) is 10.2 Å². The van der Waals surface area contributed by atoms with Crippen LogP contribution in [0.5, 0.6) is 5.75 Å². The van der Waals surface area contributed by atoms with Gasteiger partial charge in [0.2, 0.25) is 0 Å². The Balaban J connectivity index is 3.23. The molecule has 0 saturated heterocycles. The topological polar surface area (TPSA) is 88.1 Å². The highest BCUT2D eigenvalue weighted by molar-refractivity contribution is 5.96. The summed E-state index contributed by atoms with van der Waals surface area (Å²) in [5.41, 5.74) is 2.60. The van der Waals surface area contributed by atoms with Gasteiger partial charge in [-0.25, -0.2) is 5.84 Å². The van der Waals surface area contributed by atoms with E-state index in [2.05, 4.69) is 0 Å². The SMILES string of the molecule is COc1ccc(C#N)cc1C(=O)NN. The third-order valence-corrected chi connectivity index (χ3v) is 1.70. The molecule has 0 aromatic heterocycles. The number of methoxy groups -OCH3 is 1. The zero-order valence-electron chi connectivity index (χ0n) is 7.57. The maximum absolute atomic E-state index is 11.2. The fourth-order valence-corrected chi connectivity index (χ4v) is 1.03. The van der Waals surface area contributed by atoms with Crippen LogP contribution < -0.4 is 16.0 Å². The molecule has 1 aromatic rings. The number of hydrogen-bond donors (Lipinski definition) is 2. The summed E-state index contributed by atoms with van der Waals surface area (Å²) in [5, 5.41) is 8.63. The number of hydrazine groups is 1. The first-order chi connectivity index (χ1) is 6.72. The van der Waals surface area contributed by atoms with Crippen molar-refractivity contribution in [3.63, 3.8) is 0 Å². The fraction of sp³-hybridized carbons (Fsp3) is 0.111. The number of ether oxygens (including phenoxy) is 1. The summed E-state index contributed by atoms with van der Waals surface area (Å²) in [4.78, 5) is 11.2. The molecule has 72 valence electrons. The van der Waals surface area contributed by atoms with Gasteiger partial charge < -0.3 is 4.74 Å². The van der Waals surface area contributed by atoms with Gasteiger partial charge in [-0.05, 0) is 18.2 Å². The zero-order chi connectivity index (χ0) is 10.6. The van der Waals surface area contributed by atoms with Crippen LogP contribution in [0, 0.1) is 11.3 Å². The molecule has 0 heterocycles. The van der Waals surface area contributed by atoms with E-state index in [0.29, 0.717) is 11.3 Å². The second-order valence-electron chi connectivity index (χ2n) is 2.50. The van der Waals surface area contributed by atoms with E-state index in [1.807, 2.05) is 11.5 Å². The number of nitrogens with two attached hydrogens (primary N) is 1. The van der Waals surface area contributed by atoms with E-state index in [1.165, 1.54) is 13.2 Å². The van der Waals surface area contributed by atoms with Crippen molar-refractivity contribution in [2.24, 2.45) is 5.84 Å². The minimum absolute atomic E-state index is 0.244. The first-order valence-electron chi connectivity index (χ1n) is 3.82. The maximum Gasteiger partial charge on any atom is 0.268 e. The third kappa shape index (κ3) is 1.81. The van der Waals surface area contributed by atoms with Crippen molar-refractivity contribution in [2.75, 3.05) is 7.11 Å². The van der Waals surface area contributed by atoms with Crippen LogP contribution in [0.3, 0.4) is 0 Å². The van der Waals surface area contributed by atoms with Crippen molar-refractivity contribution in [3.8, 4) is 11.8 Å². The first-order valence-corrected chi connectivity index (χ1v) is 3.82. The molecule has 0 saturated carbocycles. The quantitative estimate of drug-likeness (QED) is 0.396. The number of rotatable bonds is 2. The summed E-state index contributed by atoms with van der Waals surface area (Å²) >= 11 is 0. The largest absolute Gasteiger partial charge is 0.496 e. The molecule has 0 bridgehead atoms. The number of carbonyl (C=O) groups is 1. The van der Waals surface area contributed by atoms with E-state index in [9.17, 15) is 4.79 Å². The normalized spacial score (nSPS) is 8.93. The summed E-state index contributed by atoms with van der Waals surface area (Å²) in [7, 11) is 1.44. The Kier molecular flexibility index (Phi) is 3.05. The van der Waals surface area contributed by atoms with Gasteiger partial charge >= 0.3 is 0 Å². The highest BCUT2D eigenvalue weighted by atomic mass is 16.5. The lowest BCUT2D eigenvalue weighted by molar-refractivity contribution is 0.0950. The lowest BCUT2D eigenvalue weighted by Crippen LogP contribution is -2.30. The predicted octanol–water partition coefficient (Wildman–Crippen LogP) is 0.170. The number of amides is 1. The van der Waals surface area contributed by atoms with Crippen LogP contribution in [0.1, 0.15) is 15.9 Å². The molecular formula is C9H9N3O2. The molecule has 0 aliphatic carbocycles. The molecule has 0 radical (unpaired) electrons. The van der Waals surface area contributed by atoms with Crippen LogP contribution in [-0.4, -0.2) is 13.0 Å². The second-order valence-corrected chi connectivity index (χ2v) is 2.50. The van der Waals surface area contributed by atoms with Crippen molar-refractivity contribution in [1.29, 1.82) is 5.26 Å². The Bertz CT molecular complexity index is 396. The predicted molar refractivity (Wildman–Crippen MR) is 49.4 cm³/mol. The summed E-state index contributed by atoms with van der Waals surface area (Å²) in [6.07, 6.45) is 0. The highest BCUT2D eigenvalue weighted by Gasteiger charge is 2.11. The summed E-state index contributed by atoms with van der Waals surface area (Å²) in [6.45, 7) is 0. The molecule has 3 N–H and O–H groups in total. The Hall–Kier alpha value is -2.06. The fourth-order valence-electron chi connectivity index (χ4n) is 1.03. The molecule has 1 aromatic carbocycles. The van der Waals surface area contributed by atoms with E-state index < -0.39 is 5.91 Å². The Morgan fingerprint density at radius 3 is 2.86 bits per heavy atom. The van der Waals surface area contributed by atoms with Gasteiger partial charge in [-0.1, -0.05) is 0 Å². The molecule has 5 nitrogen and oxygen atoms in total. The number of hydrogen-bond acceptors (Lipinski definition) is 4. The number of benzene rings is 1. The maximum atomic E-state index is 11.2. The van der Waals surface area contributed by atoms with Crippen LogP contribution in [0.2, 0.25) is 0 Å². The van der Waals surface area contributed by atoms with Crippen molar-refractivity contribution in [1.82, 2.24) is 5.43 Å². The molecule has 14 heavy (non-hydrogen) atoms. The van der Waals surface area contributed by atoms with Crippen LogP contribution in [0.15, 0.2) is 18.2 Å². The molecule has 0 unspecified atom stereocenters.